The van der Waals surface area contributed by atoms with Crippen LogP contribution in [0.5, 0.6) is 0 Å². The van der Waals surface area contributed by atoms with E-state index in [-0.39, 0.29) is 0 Å². The predicted molar refractivity (Wildman–Crippen MR) is 82.7 cm³/mol. The zero-order chi connectivity index (χ0) is 13.5. The topological polar surface area (TPSA) is 29.3 Å². The Morgan fingerprint density at radius 3 is 2.33 bits per heavy atom. The average Bonchev–Trinajstić information content (AvgIpc) is 2.34. The number of nitrogens with two attached hydrogens (primary N) is 1. The molecule has 0 spiro atoms. The first kappa shape index (κ1) is 15.1. The lowest BCUT2D eigenvalue weighted by molar-refractivity contribution is 0.189. The van der Waals surface area contributed by atoms with Crippen molar-refractivity contribution in [3.63, 3.8) is 0 Å². The molecule has 0 fully saturated rings. The van der Waals surface area contributed by atoms with Gasteiger partial charge in [0.2, 0.25) is 0 Å². The summed E-state index contributed by atoms with van der Waals surface area (Å²) in [7, 11) is 0. The van der Waals surface area contributed by atoms with E-state index in [2.05, 4.69) is 49.9 Å². The minimum absolute atomic E-state index is 0.302. The highest BCUT2D eigenvalue weighted by Gasteiger charge is 2.20. The molecule has 1 aromatic carbocycles. The summed E-state index contributed by atoms with van der Waals surface area (Å²) < 4.78 is 0. The van der Waals surface area contributed by atoms with Crippen molar-refractivity contribution in [2.75, 3.05) is 13.1 Å². The number of nitrogens with zero attached hydrogens (tertiary/aromatic N) is 1. The van der Waals surface area contributed by atoms with Crippen LogP contribution >= 0.6 is 12.2 Å². The molecule has 0 aliphatic heterocycles. The van der Waals surface area contributed by atoms with Crippen molar-refractivity contribution in [1.29, 1.82) is 0 Å². The van der Waals surface area contributed by atoms with Crippen LogP contribution in [0, 0.1) is 5.92 Å². The fourth-order valence-electron chi connectivity index (χ4n) is 2.27. The summed E-state index contributed by atoms with van der Waals surface area (Å²) in [4.78, 5) is 3.05. The standard InChI is InChI=1S/C15H24N2S/c1-4-17(11-12(2)3)14(10-15(16)18)13-8-6-5-7-9-13/h5-9,12,14H,4,10-11H2,1-3H3,(H2,16,18). The summed E-state index contributed by atoms with van der Waals surface area (Å²) in [6, 6.07) is 10.8. The molecule has 0 amide bonds. The molecule has 0 bridgehead atoms. The van der Waals surface area contributed by atoms with Crippen LogP contribution in [-0.4, -0.2) is 23.0 Å². The van der Waals surface area contributed by atoms with E-state index < -0.39 is 0 Å². The van der Waals surface area contributed by atoms with E-state index in [1.54, 1.807) is 0 Å². The van der Waals surface area contributed by atoms with Gasteiger partial charge in [-0.1, -0.05) is 63.3 Å². The Morgan fingerprint density at radius 2 is 1.89 bits per heavy atom. The van der Waals surface area contributed by atoms with Gasteiger partial charge in [0.05, 0.1) is 4.99 Å². The minimum Gasteiger partial charge on any atom is -0.393 e. The first-order chi connectivity index (χ1) is 8.54. The molecule has 1 rings (SSSR count). The third-order valence-corrected chi connectivity index (χ3v) is 3.19. The van der Waals surface area contributed by atoms with Gasteiger partial charge in [-0.2, -0.15) is 0 Å². The van der Waals surface area contributed by atoms with Crippen molar-refractivity contribution in [3.8, 4) is 0 Å². The molecule has 0 heterocycles. The Balaban J connectivity index is 2.92. The summed E-state index contributed by atoms with van der Waals surface area (Å²) in [5.41, 5.74) is 7.06. The molecule has 0 radical (unpaired) electrons. The van der Waals surface area contributed by atoms with Crippen molar-refractivity contribution >= 4 is 17.2 Å². The lowest BCUT2D eigenvalue weighted by atomic mass is 10.0. The number of hydrogen-bond donors (Lipinski definition) is 1. The van der Waals surface area contributed by atoms with Crippen molar-refractivity contribution in [2.24, 2.45) is 11.7 Å². The van der Waals surface area contributed by atoms with Crippen LogP contribution < -0.4 is 5.73 Å². The van der Waals surface area contributed by atoms with Crippen molar-refractivity contribution in [3.05, 3.63) is 35.9 Å². The molecular formula is C15H24N2S. The first-order valence-corrected chi connectivity index (χ1v) is 7.02. The largest absolute Gasteiger partial charge is 0.393 e. The Bertz CT molecular complexity index is 362. The molecule has 18 heavy (non-hydrogen) atoms. The quantitative estimate of drug-likeness (QED) is 0.766. The van der Waals surface area contributed by atoms with Crippen LogP contribution in [0.2, 0.25) is 0 Å². The van der Waals surface area contributed by atoms with Gasteiger partial charge < -0.3 is 5.73 Å². The van der Waals surface area contributed by atoms with Crippen LogP contribution in [0.25, 0.3) is 0 Å². The van der Waals surface area contributed by atoms with Crippen LogP contribution in [-0.2, 0) is 0 Å². The molecule has 0 saturated heterocycles. The van der Waals surface area contributed by atoms with E-state index in [0.717, 1.165) is 19.5 Å². The average molecular weight is 264 g/mol. The van der Waals surface area contributed by atoms with E-state index in [0.29, 0.717) is 16.9 Å². The Hall–Kier alpha value is -0.930. The first-order valence-electron chi connectivity index (χ1n) is 6.61. The second-order valence-corrected chi connectivity index (χ2v) is 5.60. The van der Waals surface area contributed by atoms with Gasteiger partial charge in [0, 0.05) is 19.0 Å². The summed E-state index contributed by atoms with van der Waals surface area (Å²) in [6.07, 6.45) is 0.750. The van der Waals surface area contributed by atoms with Gasteiger partial charge in [0.15, 0.2) is 0 Å². The highest BCUT2D eigenvalue weighted by molar-refractivity contribution is 7.80. The van der Waals surface area contributed by atoms with Gasteiger partial charge in [-0.15, -0.1) is 0 Å². The Labute approximate surface area is 116 Å². The number of hydrogen-bond acceptors (Lipinski definition) is 2. The second kappa shape index (κ2) is 7.49. The smallest absolute Gasteiger partial charge is 0.0746 e. The molecule has 0 aromatic heterocycles. The molecule has 2 N–H and O–H groups in total. The number of rotatable bonds is 7. The summed E-state index contributed by atoms with van der Waals surface area (Å²) >= 11 is 5.10. The fraction of sp³-hybridized carbons (Fsp3) is 0.533. The zero-order valence-electron chi connectivity index (χ0n) is 11.6. The van der Waals surface area contributed by atoms with Gasteiger partial charge in [-0.05, 0) is 18.0 Å². The molecule has 100 valence electrons. The van der Waals surface area contributed by atoms with E-state index in [4.69, 9.17) is 18.0 Å². The van der Waals surface area contributed by atoms with E-state index in [1.807, 2.05) is 6.07 Å². The number of thiocarbonyl (C=S) groups is 1. The molecule has 0 aliphatic rings. The molecule has 0 aliphatic carbocycles. The monoisotopic (exact) mass is 264 g/mol. The summed E-state index contributed by atoms with van der Waals surface area (Å²) in [6.45, 7) is 8.76. The molecular weight excluding hydrogens is 240 g/mol. The normalized spacial score (nSPS) is 12.9. The van der Waals surface area contributed by atoms with Crippen LogP contribution in [0.4, 0.5) is 0 Å². The molecule has 3 heteroatoms. The van der Waals surface area contributed by atoms with Crippen molar-refractivity contribution in [2.45, 2.75) is 33.2 Å². The van der Waals surface area contributed by atoms with Crippen LogP contribution in [0.1, 0.15) is 38.8 Å². The predicted octanol–water partition coefficient (Wildman–Crippen LogP) is 3.38. The lowest BCUT2D eigenvalue weighted by Gasteiger charge is -2.32. The van der Waals surface area contributed by atoms with Crippen molar-refractivity contribution in [1.82, 2.24) is 4.90 Å². The molecule has 1 unspecified atom stereocenters. The SMILES string of the molecule is CCN(CC(C)C)C(CC(N)=S)c1ccccc1. The van der Waals surface area contributed by atoms with Crippen LogP contribution in [0.3, 0.4) is 0 Å². The van der Waals surface area contributed by atoms with Crippen LogP contribution in [0.15, 0.2) is 30.3 Å². The summed E-state index contributed by atoms with van der Waals surface area (Å²) in [5, 5.41) is 0. The molecule has 0 saturated carbocycles. The van der Waals surface area contributed by atoms with Crippen molar-refractivity contribution < 1.29 is 0 Å². The van der Waals surface area contributed by atoms with Gasteiger partial charge in [-0.3, -0.25) is 4.90 Å². The maximum absolute atomic E-state index is 5.76. The molecule has 1 atom stereocenters. The second-order valence-electron chi connectivity index (χ2n) is 5.08. The van der Waals surface area contributed by atoms with Gasteiger partial charge in [0.25, 0.3) is 0 Å². The van der Waals surface area contributed by atoms with Gasteiger partial charge in [0.1, 0.15) is 0 Å². The van der Waals surface area contributed by atoms with E-state index in [9.17, 15) is 0 Å². The number of benzene rings is 1. The third kappa shape index (κ3) is 4.75. The maximum Gasteiger partial charge on any atom is 0.0746 e. The molecule has 2 nitrogen and oxygen atoms in total. The zero-order valence-corrected chi connectivity index (χ0v) is 12.4. The Morgan fingerprint density at radius 1 is 1.28 bits per heavy atom. The molecule has 1 aromatic rings. The minimum atomic E-state index is 0.302. The van der Waals surface area contributed by atoms with Gasteiger partial charge in [-0.25, -0.2) is 0 Å². The van der Waals surface area contributed by atoms with Gasteiger partial charge >= 0.3 is 0 Å². The highest BCUT2D eigenvalue weighted by atomic mass is 32.1. The van der Waals surface area contributed by atoms with E-state index in [1.165, 1.54) is 5.56 Å². The van der Waals surface area contributed by atoms with E-state index >= 15 is 0 Å². The third-order valence-electron chi connectivity index (χ3n) is 3.03. The Kier molecular flexibility index (Phi) is 6.30. The lowest BCUT2D eigenvalue weighted by Crippen LogP contribution is -2.34. The fourth-order valence-corrected chi connectivity index (χ4v) is 2.43. The highest BCUT2D eigenvalue weighted by Crippen LogP contribution is 2.25. The summed E-state index contributed by atoms with van der Waals surface area (Å²) in [5.74, 6) is 0.641. The maximum atomic E-state index is 5.76.